The number of nitrogens with one attached hydrogen (secondary N) is 2. The Bertz CT molecular complexity index is 628. The molecule has 2 aromatic carbocycles. The van der Waals surface area contributed by atoms with E-state index >= 15 is 0 Å². The fourth-order valence-corrected chi connectivity index (χ4v) is 2.39. The zero-order valence-electron chi connectivity index (χ0n) is 12.9. The van der Waals surface area contributed by atoms with E-state index in [0.717, 1.165) is 35.8 Å². The van der Waals surface area contributed by atoms with E-state index in [4.69, 9.17) is 10.5 Å². The SMILES string of the molecule is CNCCCNCc1c(OCC(N)=O)ccc2ccccc12. The molecule has 2 aromatic rings. The molecule has 0 radical (unpaired) electrons. The summed E-state index contributed by atoms with van der Waals surface area (Å²) in [7, 11) is 1.94. The maximum Gasteiger partial charge on any atom is 0.255 e. The predicted octanol–water partition coefficient (Wildman–Crippen LogP) is 1.40. The van der Waals surface area contributed by atoms with Gasteiger partial charge < -0.3 is 21.1 Å². The fraction of sp³-hybridized carbons (Fsp3) is 0.353. The van der Waals surface area contributed by atoms with Crippen molar-refractivity contribution in [3.05, 3.63) is 42.0 Å². The third-order valence-electron chi connectivity index (χ3n) is 3.45. The number of primary amides is 1. The van der Waals surface area contributed by atoms with Crippen molar-refractivity contribution in [3.63, 3.8) is 0 Å². The molecule has 0 aliphatic carbocycles. The zero-order valence-corrected chi connectivity index (χ0v) is 12.9. The summed E-state index contributed by atoms with van der Waals surface area (Å²) in [6.07, 6.45) is 1.05. The smallest absolute Gasteiger partial charge is 0.255 e. The van der Waals surface area contributed by atoms with Crippen LogP contribution in [0.1, 0.15) is 12.0 Å². The molecule has 0 saturated carbocycles. The quantitative estimate of drug-likeness (QED) is 0.612. The lowest BCUT2D eigenvalue weighted by molar-refractivity contribution is -0.119. The summed E-state index contributed by atoms with van der Waals surface area (Å²) >= 11 is 0. The fourth-order valence-electron chi connectivity index (χ4n) is 2.39. The summed E-state index contributed by atoms with van der Waals surface area (Å²) in [5, 5.41) is 8.83. The Balaban J connectivity index is 2.17. The average molecular weight is 301 g/mol. The van der Waals surface area contributed by atoms with Crippen LogP contribution in [-0.4, -0.2) is 32.7 Å². The molecule has 118 valence electrons. The molecule has 2 rings (SSSR count). The molecular formula is C17H23N3O2. The molecule has 5 heteroatoms. The maximum absolute atomic E-state index is 11.0. The van der Waals surface area contributed by atoms with E-state index in [1.807, 2.05) is 31.3 Å². The van der Waals surface area contributed by atoms with Crippen LogP contribution in [0.15, 0.2) is 36.4 Å². The van der Waals surface area contributed by atoms with Gasteiger partial charge in [-0.1, -0.05) is 30.3 Å². The normalized spacial score (nSPS) is 10.8. The number of fused-ring (bicyclic) bond motifs is 1. The van der Waals surface area contributed by atoms with Crippen molar-refractivity contribution in [2.45, 2.75) is 13.0 Å². The third-order valence-corrected chi connectivity index (χ3v) is 3.45. The number of hydrogen-bond acceptors (Lipinski definition) is 4. The van der Waals surface area contributed by atoms with Gasteiger partial charge in [0.2, 0.25) is 0 Å². The van der Waals surface area contributed by atoms with E-state index in [1.165, 1.54) is 0 Å². The first kappa shape index (κ1) is 16.3. The Morgan fingerprint density at radius 2 is 2.00 bits per heavy atom. The van der Waals surface area contributed by atoms with Gasteiger partial charge in [-0.15, -0.1) is 0 Å². The molecule has 0 saturated heterocycles. The minimum Gasteiger partial charge on any atom is -0.483 e. The molecule has 0 aliphatic heterocycles. The van der Waals surface area contributed by atoms with Crippen LogP contribution in [0.3, 0.4) is 0 Å². The van der Waals surface area contributed by atoms with Crippen molar-refractivity contribution in [2.75, 3.05) is 26.7 Å². The van der Waals surface area contributed by atoms with Gasteiger partial charge in [0, 0.05) is 12.1 Å². The van der Waals surface area contributed by atoms with E-state index in [-0.39, 0.29) is 6.61 Å². The molecule has 1 amide bonds. The van der Waals surface area contributed by atoms with E-state index in [2.05, 4.69) is 22.8 Å². The van der Waals surface area contributed by atoms with Gasteiger partial charge in [0.1, 0.15) is 5.75 Å². The Morgan fingerprint density at radius 3 is 2.77 bits per heavy atom. The molecule has 0 aromatic heterocycles. The first-order chi connectivity index (χ1) is 10.7. The van der Waals surface area contributed by atoms with Crippen LogP contribution in [-0.2, 0) is 11.3 Å². The monoisotopic (exact) mass is 301 g/mol. The Labute approximate surface area is 130 Å². The maximum atomic E-state index is 11.0. The van der Waals surface area contributed by atoms with Crippen molar-refractivity contribution in [3.8, 4) is 5.75 Å². The topological polar surface area (TPSA) is 76.4 Å². The minimum absolute atomic E-state index is 0.106. The molecule has 0 aliphatic rings. The highest BCUT2D eigenvalue weighted by Gasteiger charge is 2.09. The number of benzene rings is 2. The van der Waals surface area contributed by atoms with Gasteiger partial charge in [-0.05, 0) is 43.4 Å². The zero-order chi connectivity index (χ0) is 15.8. The molecule has 0 bridgehead atoms. The largest absolute Gasteiger partial charge is 0.483 e. The van der Waals surface area contributed by atoms with E-state index < -0.39 is 5.91 Å². The number of carbonyl (C=O) groups is 1. The minimum atomic E-state index is -0.471. The third kappa shape index (κ3) is 4.44. The van der Waals surface area contributed by atoms with E-state index in [9.17, 15) is 4.79 Å². The van der Waals surface area contributed by atoms with Gasteiger partial charge in [-0.2, -0.15) is 0 Å². The lowest BCUT2D eigenvalue weighted by atomic mass is 10.0. The van der Waals surface area contributed by atoms with Crippen LogP contribution in [0, 0.1) is 0 Å². The summed E-state index contributed by atoms with van der Waals surface area (Å²) in [4.78, 5) is 11.0. The summed E-state index contributed by atoms with van der Waals surface area (Å²) < 4.78 is 5.56. The number of nitrogens with two attached hydrogens (primary N) is 1. The van der Waals surface area contributed by atoms with Crippen molar-refractivity contribution >= 4 is 16.7 Å². The van der Waals surface area contributed by atoms with Crippen molar-refractivity contribution in [1.82, 2.24) is 10.6 Å². The average Bonchev–Trinajstić information content (AvgIpc) is 2.53. The van der Waals surface area contributed by atoms with Gasteiger partial charge in [-0.3, -0.25) is 4.79 Å². The summed E-state index contributed by atoms with van der Waals surface area (Å²) in [6.45, 7) is 2.48. The van der Waals surface area contributed by atoms with Crippen LogP contribution in [0.5, 0.6) is 5.75 Å². The predicted molar refractivity (Wildman–Crippen MR) is 88.9 cm³/mol. The van der Waals surface area contributed by atoms with Gasteiger partial charge in [0.15, 0.2) is 6.61 Å². The second-order valence-electron chi connectivity index (χ2n) is 5.15. The van der Waals surface area contributed by atoms with E-state index in [1.54, 1.807) is 0 Å². The van der Waals surface area contributed by atoms with E-state index in [0.29, 0.717) is 12.3 Å². The highest BCUT2D eigenvalue weighted by Crippen LogP contribution is 2.28. The van der Waals surface area contributed by atoms with Crippen molar-refractivity contribution in [2.24, 2.45) is 5.73 Å². The second-order valence-corrected chi connectivity index (χ2v) is 5.15. The molecule has 22 heavy (non-hydrogen) atoms. The van der Waals surface area contributed by atoms with Gasteiger partial charge in [0.05, 0.1) is 0 Å². The molecule has 0 spiro atoms. The Kier molecular flexibility index (Phi) is 6.18. The number of ether oxygens (including phenoxy) is 1. The summed E-state index contributed by atoms with van der Waals surface area (Å²) in [6, 6.07) is 12.0. The molecule has 4 N–H and O–H groups in total. The highest BCUT2D eigenvalue weighted by molar-refractivity contribution is 5.88. The second kappa shape index (κ2) is 8.36. The van der Waals surface area contributed by atoms with Crippen LogP contribution >= 0.6 is 0 Å². The number of rotatable bonds is 9. The number of carbonyl (C=O) groups excluding carboxylic acids is 1. The number of amides is 1. The van der Waals surface area contributed by atoms with Gasteiger partial charge >= 0.3 is 0 Å². The summed E-state index contributed by atoms with van der Waals surface area (Å²) in [5.74, 6) is 0.236. The van der Waals surface area contributed by atoms with Crippen LogP contribution < -0.4 is 21.1 Å². The molecule has 0 fully saturated rings. The number of hydrogen-bond donors (Lipinski definition) is 3. The van der Waals surface area contributed by atoms with Crippen molar-refractivity contribution in [1.29, 1.82) is 0 Å². The first-order valence-electron chi connectivity index (χ1n) is 7.49. The standard InChI is InChI=1S/C17H23N3O2/c1-19-9-4-10-20-11-15-14-6-3-2-5-13(14)7-8-16(15)22-12-17(18)21/h2-3,5-8,19-20H,4,9-12H2,1H3,(H2,18,21). The molecule has 0 atom stereocenters. The lowest BCUT2D eigenvalue weighted by Crippen LogP contribution is -2.22. The Hall–Kier alpha value is -2.11. The van der Waals surface area contributed by atoms with Crippen LogP contribution in [0.25, 0.3) is 10.8 Å². The van der Waals surface area contributed by atoms with Crippen LogP contribution in [0.4, 0.5) is 0 Å². The molecule has 5 nitrogen and oxygen atoms in total. The van der Waals surface area contributed by atoms with Crippen LogP contribution in [0.2, 0.25) is 0 Å². The van der Waals surface area contributed by atoms with Gasteiger partial charge in [-0.25, -0.2) is 0 Å². The van der Waals surface area contributed by atoms with Crippen molar-refractivity contribution < 1.29 is 9.53 Å². The highest BCUT2D eigenvalue weighted by atomic mass is 16.5. The van der Waals surface area contributed by atoms with Gasteiger partial charge in [0.25, 0.3) is 5.91 Å². The first-order valence-corrected chi connectivity index (χ1v) is 7.49. The summed E-state index contributed by atoms with van der Waals surface area (Å²) in [5.41, 5.74) is 6.23. The lowest BCUT2D eigenvalue weighted by Gasteiger charge is -2.14. The molecular weight excluding hydrogens is 278 g/mol. The molecule has 0 heterocycles. The Morgan fingerprint density at radius 1 is 1.18 bits per heavy atom. The molecule has 0 unspecified atom stereocenters.